The Hall–Kier alpha value is -3.13. The third-order valence-electron chi connectivity index (χ3n) is 6.11. The van der Waals surface area contributed by atoms with Gasteiger partial charge < -0.3 is 14.9 Å². The zero-order valence-electron chi connectivity index (χ0n) is 19.2. The number of imide groups is 1. The summed E-state index contributed by atoms with van der Waals surface area (Å²) >= 11 is 0. The Morgan fingerprint density at radius 2 is 1.53 bits per heavy atom. The van der Waals surface area contributed by atoms with Crippen molar-refractivity contribution in [2.75, 3.05) is 6.54 Å². The number of amides is 3. The van der Waals surface area contributed by atoms with Gasteiger partial charge in [-0.05, 0) is 48.0 Å². The number of carbonyl (C=O) groups excluding carboxylic acids is 3. The monoisotopic (exact) mass is 454 g/mol. The minimum Gasteiger partial charge on any atom is -0.544 e. The predicted octanol–water partition coefficient (Wildman–Crippen LogP) is 4.37. The molecule has 0 radical (unpaired) electrons. The topological polar surface area (TPSA) is 98.9 Å². The highest BCUT2D eigenvalue weighted by molar-refractivity contribution is 6.74. The number of hydrogen-bond acceptors (Lipinski definition) is 5. The zero-order valence-corrected chi connectivity index (χ0v) is 20.2. The number of nitrogens with zero attached hydrogens (tertiary/aromatic N) is 1. The van der Waals surface area contributed by atoms with Gasteiger partial charge in [0.1, 0.15) is 11.9 Å². The van der Waals surface area contributed by atoms with Crippen molar-refractivity contribution in [2.24, 2.45) is 5.73 Å². The van der Waals surface area contributed by atoms with Crippen LogP contribution in [0.4, 0.5) is 4.79 Å². The van der Waals surface area contributed by atoms with Crippen LogP contribution in [0.1, 0.15) is 47.1 Å². The van der Waals surface area contributed by atoms with E-state index in [1.165, 1.54) is 0 Å². The Labute approximate surface area is 189 Å². The molecule has 3 rings (SSSR count). The number of rotatable bonds is 7. The van der Waals surface area contributed by atoms with Crippen LogP contribution in [0, 0.1) is 0 Å². The molecule has 0 unspecified atom stereocenters. The second-order valence-electron chi connectivity index (χ2n) is 9.54. The summed E-state index contributed by atoms with van der Waals surface area (Å²) in [6, 6.07) is 14.2. The third-order valence-corrected chi connectivity index (χ3v) is 10.5. The average molecular weight is 455 g/mol. The summed E-state index contributed by atoms with van der Waals surface area (Å²) in [6.45, 7) is 10.8. The van der Waals surface area contributed by atoms with Crippen molar-refractivity contribution in [3.63, 3.8) is 0 Å². The number of carbonyl (C=O) groups is 3. The van der Waals surface area contributed by atoms with Crippen LogP contribution in [-0.4, -0.2) is 43.8 Å². The van der Waals surface area contributed by atoms with E-state index < -0.39 is 32.3 Å². The first-order valence-corrected chi connectivity index (χ1v) is 13.5. The van der Waals surface area contributed by atoms with E-state index >= 15 is 0 Å². The van der Waals surface area contributed by atoms with Gasteiger partial charge in [-0.25, -0.2) is 4.79 Å². The molecular weight excluding hydrogens is 424 g/mol. The van der Waals surface area contributed by atoms with Gasteiger partial charge in [-0.15, -0.1) is 0 Å². The predicted molar refractivity (Wildman–Crippen MR) is 124 cm³/mol. The lowest BCUT2D eigenvalue weighted by atomic mass is 10.1. The van der Waals surface area contributed by atoms with E-state index in [0.29, 0.717) is 17.5 Å². The highest BCUT2D eigenvalue weighted by Gasteiger charge is 2.39. The molecule has 1 atom stereocenters. The second-order valence-corrected chi connectivity index (χ2v) is 14.3. The first-order chi connectivity index (χ1) is 14.9. The van der Waals surface area contributed by atoms with Crippen molar-refractivity contribution >= 4 is 26.2 Å². The van der Waals surface area contributed by atoms with Gasteiger partial charge in [-0.1, -0.05) is 45.0 Å². The largest absolute Gasteiger partial charge is 0.544 e. The van der Waals surface area contributed by atoms with Crippen molar-refractivity contribution in [3.8, 4) is 5.75 Å². The molecule has 0 fully saturated rings. The van der Waals surface area contributed by atoms with E-state index in [-0.39, 0.29) is 11.6 Å². The second kappa shape index (κ2) is 8.78. The van der Waals surface area contributed by atoms with E-state index in [0.717, 1.165) is 16.2 Å². The fourth-order valence-corrected chi connectivity index (χ4v) is 4.35. The molecule has 0 aromatic heterocycles. The van der Waals surface area contributed by atoms with Gasteiger partial charge in [-0.3, -0.25) is 14.5 Å². The van der Waals surface area contributed by atoms with Crippen LogP contribution in [0.5, 0.6) is 5.75 Å². The van der Waals surface area contributed by atoms with E-state index in [4.69, 9.17) is 14.9 Å². The van der Waals surface area contributed by atoms with Crippen molar-refractivity contribution in [3.05, 3.63) is 65.2 Å². The highest BCUT2D eigenvalue weighted by atomic mass is 28.4. The molecule has 1 aliphatic heterocycles. The molecule has 0 spiro atoms. The Balaban J connectivity index is 1.72. The van der Waals surface area contributed by atoms with Crippen LogP contribution in [0.2, 0.25) is 18.1 Å². The van der Waals surface area contributed by atoms with Crippen LogP contribution < -0.4 is 10.2 Å². The minimum absolute atomic E-state index is 0.0719. The molecular formula is C24H30N2O5Si. The zero-order chi connectivity index (χ0) is 23.7. The lowest BCUT2D eigenvalue weighted by molar-refractivity contribution is 0.0490. The van der Waals surface area contributed by atoms with E-state index in [1.807, 2.05) is 24.3 Å². The van der Waals surface area contributed by atoms with Gasteiger partial charge >= 0.3 is 6.09 Å². The van der Waals surface area contributed by atoms with Gasteiger partial charge in [0.05, 0.1) is 17.7 Å². The third kappa shape index (κ3) is 5.02. The SMILES string of the molecule is CC(C)(C)[Si](C)(C)Oc1ccc(C[C@@H](CN2C(=O)c3ccccc3C2=O)OC(N)=O)cc1. The molecule has 8 heteroatoms. The fourth-order valence-electron chi connectivity index (χ4n) is 3.32. The Morgan fingerprint density at radius 1 is 1.00 bits per heavy atom. The number of benzene rings is 2. The average Bonchev–Trinajstić information content (AvgIpc) is 2.93. The number of ether oxygens (including phenoxy) is 1. The van der Waals surface area contributed by atoms with Gasteiger partial charge in [0, 0.05) is 6.42 Å². The molecule has 32 heavy (non-hydrogen) atoms. The molecule has 2 aromatic rings. The Kier molecular flexibility index (Phi) is 6.45. The summed E-state index contributed by atoms with van der Waals surface area (Å²) < 4.78 is 11.5. The number of fused-ring (bicyclic) bond motifs is 1. The maximum absolute atomic E-state index is 12.7. The Morgan fingerprint density at radius 3 is 2.00 bits per heavy atom. The quantitative estimate of drug-likeness (QED) is 0.495. The maximum atomic E-state index is 12.7. The van der Waals surface area contributed by atoms with Crippen LogP contribution in [0.25, 0.3) is 0 Å². The molecule has 2 aromatic carbocycles. The summed E-state index contributed by atoms with van der Waals surface area (Å²) in [5.41, 5.74) is 6.81. The van der Waals surface area contributed by atoms with Crippen LogP contribution in [-0.2, 0) is 11.2 Å². The van der Waals surface area contributed by atoms with Gasteiger partial charge in [-0.2, -0.15) is 0 Å². The molecule has 2 N–H and O–H groups in total. The van der Waals surface area contributed by atoms with Crippen molar-refractivity contribution in [2.45, 2.75) is 51.4 Å². The first-order valence-electron chi connectivity index (χ1n) is 10.6. The smallest absolute Gasteiger partial charge is 0.404 e. The standard InChI is InChI=1S/C24H30N2O5Si/c1-24(2,3)32(4,5)31-17-12-10-16(11-13-17)14-18(30-23(25)29)15-26-21(27)19-8-6-7-9-20(19)22(26)28/h6-13,18H,14-15H2,1-5H3,(H2,25,29)/t18-/m0/s1. The molecule has 0 saturated carbocycles. The molecule has 1 heterocycles. The van der Waals surface area contributed by atoms with Crippen LogP contribution in [0.3, 0.4) is 0 Å². The van der Waals surface area contributed by atoms with Crippen LogP contribution in [0.15, 0.2) is 48.5 Å². The fraction of sp³-hybridized carbons (Fsp3) is 0.375. The molecule has 170 valence electrons. The van der Waals surface area contributed by atoms with Crippen LogP contribution >= 0.6 is 0 Å². The molecule has 0 bridgehead atoms. The summed E-state index contributed by atoms with van der Waals surface area (Å²) in [6.07, 6.45) is -1.41. The summed E-state index contributed by atoms with van der Waals surface area (Å²) in [7, 11) is -1.96. The normalized spacial score (nSPS) is 14.8. The first kappa shape index (κ1) is 23.5. The molecule has 7 nitrogen and oxygen atoms in total. The van der Waals surface area contributed by atoms with Gasteiger partial charge in [0.25, 0.3) is 11.8 Å². The highest BCUT2D eigenvalue weighted by Crippen LogP contribution is 2.37. The molecule has 0 aliphatic carbocycles. The number of primary amides is 1. The number of nitrogens with two attached hydrogens (primary N) is 1. The lowest BCUT2D eigenvalue weighted by Crippen LogP contribution is -2.43. The number of hydrogen-bond donors (Lipinski definition) is 1. The lowest BCUT2D eigenvalue weighted by Gasteiger charge is -2.36. The van der Waals surface area contributed by atoms with E-state index in [1.54, 1.807) is 24.3 Å². The van der Waals surface area contributed by atoms with Gasteiger partial charge in [0.2, 0.25) is 8.32 Å². The summed E-state index contributed by atoms with van der Waals surface area (Å²) in [5.74, 6) is -0.0170. The Bertz CT molecular complexity index is 992. The maximum Gasteiger partial charge on any atom is 0.404 e. The van der Waals surface area contributed by atoms with Gasteiger partial charge in [0.15, 0.2) is 0 Å². The van der Waals surface area contributed by atoms with Crippen molar-refractivity contribution in [1.29, 1.82) is 0 Å². The minimum atomic E-state index is -1.96. The van der Waals surface area contributed by atoms with Crippen molar-refractivity contribution < 1.29 is 23.5 Å². The molecule has 1 aliphatic rings. The van der Waals surface area contributed by atoms with Crippen molar-refractivity contribution in [1.82, 2.24) is 4.90 Å². The van der Waals surface area contributed by atoms with E-state index in [9.17, 15) is 14.4 Å². The summed E-state index contributed by atoms with van der Waals surface area (Å²) in [4.78, 5) is 37.9. The molecule has 3 amide bonds. The van der Waals surface area contributed by atoms with E-state index in [2.05, 4.69) is 33.9 Å². The molecule has 0 saturated heterocycles. The summed E-state index contributed by atoms with van der Waals surface area (Å²) in [5, 5.41) is 0.0818.